The standard InChI is InChI=1S/C8H6N.B.Yb/c1-2-4-8-7(3-1)5-6-9-8;;/h1-4H,5H2;;/q-1;;. The third kappa shape index (κ3) is 2.46. The number of benzene rings is 1. The third-order valence-electron chi connectivity index (χ3n) is 1.46. The van der Waals surface area contributed by atoms with Crippen LogP contribution in [0, 0.1) is 46.9 Å². The van der Waals surface area contributed by atoms with Gasteiger partial charge >= 0.3 is 0 Å². The summed E-state index contributed by atoms with van der Waals surface area (Å²) in [5.74, 6) is 0. The molecule has 0 fully saturated rings. The Balaban J connectivity index is 0.000000500. The van der Waals surface area contributed by atoms with E-state index in [2.05, 4.69) is 17.3 Å². The molecule has 1 nitrogen and oxygen atoms in total. The molecule has 1 aromatic carbocycles. The van der Waals surface area contributed by atoms with Gasteiger partial charge in [0.05, 0.1) is 0 Å². The predicted octanol–water partition coefficient (Wildman–Crippen LogP) is 1.44. The topological polar surface area (TPSA) is 12.4 Å². The van der Waals surface area contributed by atoms with Crippen molar-refractivity contribution < 1.29 is 46.9 Å². The molecule has 0 aliphatic carbocycles. The van der Waals surface area contributed by atoms with Gasteiger partial charge in [-0.25, -0.2) is 0 Å². The number of fused-ring (bicyclic) bond motifs is 1. The van der Waals surface area contributed by atoms with Crippen molar-refractivity contribution in [3.05, 3.63) is 29.8 Å². The molecule has 0 saturated heterocycles. The molecule has 3 radical (unpaired) electrons. The molecule has 3 heteroatoms. The van der Waals surface area contributed by atoms with Gasteiger partial charge in [0.25, 0.3) is 0 Å². The van der Waals surface area contributed by atoms with E-state index in [9.17, 15) is 0 Å². The zero-order valence-corrected chi connectivity index (χ0v) is 7.52. The quantitative estimate of drug-likeness (QED) is 0.508. The normalized spacial score (nSPS) is 11.3. The average molecular weight is 300 g/mol. The summed E-state index contributed by atoms with van der Waals surface area (Å²) in [5, 5.41) is 0. The van der Waals surface area contributed by atoms with Crippen LogP contribution in [-0.4, -0.2) is 14.6 Å². The van der Waals surface area contributed by atoms with Crippen molar-refractivity contribution in [2.45, 2.75) is 6.42 Å². The van der Waals surface area contributed by atoms with E-state index in [1.54, 1.807) is 0 Å². The van der Waals surface area contributed by atoms with Gasteiger partial charge < -0.3 is 4.99 Å². The van der Waals surface area contributed by atoms with E-state index in [4.69, 9.17) is 0 Å². The van der Waals surface area contributed by atoms with Crippen molar-refractivity contribution in [1.29, 1.82) is 0 Å². The van der Waals surface area contributed by atoms with Gasteiger partial charge in [-0.2, -0.15) is 6.21 Å². The Labute approximate surface area is 107 Å². The summed E-state index contributed by atoms with van der Waals surface area (Å²) >= 11 is 0. The van der Waals surface area contributed by atoms with E-state index in [1.165, 1.54) is 5.56 Å². The fourth-order valence-electron chi connectivity index (χ4n) is 0.979. The maximum Gasteiger partial charge on any atom is 0 e. The van der Waals surface area contributed by atoms with Gasteiger partial charge in [-0.1, -0.05) is 30.3 Å². The molecule has 1 heterocycles. The maximum absolute atomic E-state index is 4.05. The fourth-order valence-corrected chi connectivity index (χ4v) is 0.979. The molecule has 0 atom stereocenters. The second-order valence-electron chi connectivity index (χ2n) is 2.08. The number of hydrogen-bond acceptors (Lipinski definition) is 1. The molecular weight excluding hydrogens is 294 g/mol. The first-order valence-electron chi connectivity index (χ1n) is 2.98. The van der Waals surface area contributed by atoms with Crippen LogP contribution in [-0.2, 0) is 6.42 Å². The average Bonchev–Trinajstić information content (AvgIpc) is 2.33. The summed E-state index contributed by atoms with van der Waals surface area (Å²) in [6, 6.07) is 8.12. The molecule has 0 bridgehead atoms. The van der Waals surface area contributed by atoms with Crippen LogP contribution in [0.15, 0.2) is 29.3 Å². The van der Waals surface area contributed by atoms with Crippen LogP contribution in [0.5, 0.6) is 0 Å². The first-order chi connectivity index (χ1) is 4.47. The van der Waals surface area contributed by atoms with Gasteiger partial charge in [0.2, 0.25) is 0 Å². The van der Waals surface area contributed by atoms with Crippen LogP contribution in [0.1, 0.15) is 5.56 Å². The van der Waals surface area contributed by atoms with Gasteiger partial charge in [-0.15, -0.1) is 11.6 Å². The fraction of sp³-hybridized carbons (Fsp3) is 0.125. The van der Waals surface area contributed by atoms with E-state index >= 15 is 0 Å². The van der Waals surface area contributed by atoms with Crippen LogP contribution < -0.4 is 0 Å². The Hall–Kier alpha value is 0.474. The number of aliphatic imine (C=N–C) groups is 1. The van der Waals surface area contributed by atoms with E-state index in [0.717, 1.165) is 12.1 Å². The Kier molecular flexibility index (Phi) is 5.40. The number of nitrogens with zero attached hydrogens (tertiary/aromatic N) is 1. The summed E-state index contributed by atoms with van der Waals surface area (Å²) in [7, 11) is 0. The van der Waals surface area contributed by atoms with Crippen molar-refractivity contribution in [3.8, 4) is 0 Å². The van der Waals surface area contributed by atoms with Crippen LogP contribution in [0.2, 0.25) is 0 Å². The molecule has 11 heavy (non-hydrogen) atoms. The van der Waals surface area contributed by atoms with E-state index in [0.29, 0.717) is 0 Å². The number of hydrogen-bond donors (Lipinski definition) is 0. The molecule has 0 aromatic heterocycles. The van der Waals surface area contributed by atoms with Crippen molar-refractivity contribution in [3.63, 3.8) is 0 Å². The SMILES string of the molecule is [B].[C-]1=Nc2ccccc2C1.[Yb]. The van der Waals surface area contributed by atoms with E-state index in [1.807, 2.05) is 18.2 Å². The van der Waals surface area contributed by atoms with Gasteiger partial charge in [0, 0.05) is 55.3 Å². The first-order valence-corrected chi connectivity index (χ1v) is 2.98. The van der Waals surface area contributed by atoms with Crippen LogP contribution in [0.4, 0.5) is 5.69 Å². The Morgan fingerprint density at radius 2 is 2.00 bits per heavy atom. The maximum atomic E-state index is 4.05. The molecule has 0 saturated carbocycles. The van der Waals surface area contributed by atoms with Crippen LogP contribution in [0.25, 0.3) is 0 Å². The summed E-state index contributed by atoms with van der Waals surface area (Å²) in [5.41, 5.74) is 2.37. The Morgan fingerprint density at radius 3 is 2.73 bits per heavy atom. The number of rotatable bonds is 0. The molecule has 61 valence electrons. The predicted molar refractivity (Wildman–Crippen MR) is 43.0 cm³/mol. The molecule has 0 amide bonds. The van der Waals surface area contributed by atoms with Gasteiger partial charge in [-0.05, 0) is 0 Å². The molecule has 1 aliphatic rings. The van der Waals surface area contributed by atoms with E-state index in [-0.39, 0.29) is 55.3 Å². The van der Waals surface area contributed by atoms with Crippen molar-refractivity contribution in [2.24, 2.45) is 4.99 Å². The summed E-state index contributed by atoms with van der Waals surface area (Å²) in [6.07, 6.45) is 3.80. The van der Waals surface area contributed by atoms with Crippen molar-refractivity contribution >= 4 is 20.3 Å². The smallest absolute Gasteiger partial charge is 0 e. The summed E-state index contributed by atoms with van der Waals surface area (Å²) in [6.45, 7) is 0. The third-order valence-corrected chi connectivity index (χ3v) is 1.46. The van der Waals surface area contributed by atoms with Gasteiger partial charge in [0.1, 0.15) is 0 Å². The van der Waals surface area contributed by atoms with Gasteiger partial charge in [-0.3, -0.25) is 0 Å². The Bertz CT molecular complexity index is 260. The number of para-hydroxylation sites is 1. The molecule has 2 rings (SSSR count). The summed E-state index contributed by atoms with van der Waals surface area (Å²) in [4.78, 5) is 4.05. The molecule has 0 unspecified atom stereocenters. The molecule has 0 N–H and O–H groups in total. The molecule has 0 spiro atoms. The second-order valence-corrected chi connectivity index (χ2v) is 2.08. The van der Waals surface area contributed by atoms with Crippen LogP contribution in [0.3, 0.4) is 0 Å². The van der Waals surface area contributed by atoms with E-state index < -0.39 is 0 Å². The van der Waals surface area contributed by atoms with Gasteiger partial charge in [0.15, 0.2) is 0 Å². The Morgan fingerprint density at radius 1 is 1.27 bits per heavy atom. The minimum atomic E-state index is 0. The second kappa shape index (κ2) is 5.18. The van der Waals surface area contributed by atoms with Crippen molar-refractivity contribution in [1.82, 2.24) is 0 Å². The molecular formula is C8H6BNYb-. The largest absolute Gasteiger partial charge is 0.456 e. The zero-order valence-electron chi connectivity index (χ0n) is 5.81. The molecule has 1 aliphatic heterocycles. The molecule has 1 aromatic rings. The summed E-state index contributed by atoms with van der Waals surface area (Å²) < 4.78 is 0. The first kappa shape index (κ1) is 11.5. The zero-order chi connectivity index (χ0) is 6.10. The monoisotopic (exact) mass is 301 g/mol. The van der Waals surface area contributed by atoms with Crippen molar-refractivity contribution in [2.75, 3.05) is 0 Å². The minimum absolute atomic E-state index is 0. The van der Waals surface area contributed by atoms with Crippen LogP contribution >= 0.6 is 0 Å². The minimum Gasteiger partial charge on any atom is -0.456 e.